The molecule has 0 fully saturated rings. The van der Waals surface area contributed by atoms with Crippen LogP contribution in [-0.2, 0) is 9.53 Å². The van der Waals surface area contributed by atoms with Crippen LogP contribution in [0.5, 0.6) is 0 Å². The summed E-state index contributed by atoms with van der Waals surface area (Å²) in [4.78, 5) is 20.8. The van der Waals surface area contributed by atoms with Crippen LogP contribution in [0.4, 0.5) is 5.13 Å². The van der Waals surface area contributed by atoms with E-state index >= 15 is 0 Å². The number of carbonyl (C=O) groups is 1. The standard InChI is InChI=1S/C17H15N3O2S/c1-22-15(13-5-3-2-4-6-13)16(21)20-17-19-14(11-23-17)12-7-9-18-10-8-12/h2-11,15H,1H3,(H,19,20,21). The molecule has 0 bridgehead atoms. The van der Waals surface area contributed by atoms with E-state index in [4.69, 9.17) is 4.74 Å². The lowest BCUT2D eigenvalue weighted by atomic mass is 10.1. The second-order valence-electron chi connectivity index (χ2n) is 4.79. The Morgan fingerprint density at radius 1 is 1.17 bits per heavy atom. The van der Waals surface area contributed by atoms with Crippen LogP contribution in [0.3, 0.4) is 0 Å². The molecule has 3 aromatic rings. The molecule has 1 atom stereocenters. The second kappa shape index (κ2) is 7.13. The third-order valence-corrected chi connectivity index (χ3v) is 4.04. The zero-order valence-corrected chi connectivity index (χ0v) is 13.3. The number of nitrogens with zero attached hydrogens (tertiary/aromatic N) is 2. The Labute approximate surface area is 138 Å². The molecule has 23 heavy (non-hydrogen) atoms. The van der Waals surface area contributed by atoms with Gasteiger partial charge in [-0.15, -0.1) is 11.3 Å². The molecule has 0 aliphatic heterocycles. The number of methoxy groups -OCH3 is 1. The van der Waals surface area contributed by atoms with Gasteiger partial charge in [0.15, 0.2) is 11.2 Å². The van der Waals surface area contributed by atoms with Crippen molar-refractivity contribution in [2.45, 2.75) is 6.10 Å². The fourth-order valence-electron chi connectivity index (χ4n) is 2.18. The van der Waals surface area contributed by atoms with E-state index < -0.39 is 6.10 Å². The lowest BCUT2D eigenvalue weighted by Gasteiger charge is -2.14. The van der Waals surface area contributed by atoms with Crippen LogP contribution in [0, 0.1) is 0 Å². The van der Waals surface area contributed by atoms with Crippen molar-refractivity contribution in [1.82, 2.24) is 9.97 Å². The molecular weight excluding hydrogens is 310 g/mol. The van der Waals surface area contributed by atoms with Crippen LogP contribution >= 0.6 is 11.3 Å². The number of carbonyl (C=O) groups excluding carboxylic acids is 1. The maximum absolute atomic E-state index is 12.4. The molecule has 0 spiro atoms. The number of ether oxygens (including phenoxy) is 1. The zero-order valence-electron chi connectivity index (χ0n) is 12.5. The van der Waals surface area contributed by atoms with Crippen molar-refractivity contribution in [3.63, 3.8) is 0 Å². The SMILES string of the molecule is COC(C(=O)Nc1nc(-c2ccncc2)cs1)c1ccccc1. The molecule has 3 rings (SSSR count). The van der Waals surface area contributed by atoms with Crippen molar-refractivity contribution in [3.05, 3.63) is 65.8 Å². The summed E-state index contributed by atoms with van der Waals surface area (Å²) in [6.07, 6.45) is 2.76. The minimum atomic E-state index is -0.663. The number of benzene rings is 1. The van der Waals surface area contributed by atoms with E-state index in [1.54, 1.807) is 12.4 Å². The van der Waals surface area contributed by atoms with Crippen LogP contribution in [0.1, 0.15) is 11.7 Å². The fraction of sp³-hybridized carbons (Fsp3) is 0.118. The summed E-state index contributed by atoms with van der Waals surface area (Å²) in [5.74, 6) is -0.241. The predicted octanol–water partition coefficient (Wildman–Crippen LogP) is 3.53. The van der Waals surface area contributed by atoms with Gasteiger partial charge in [0, 0.05) is 30.4 Å². The van der Waals surface area contributed by atoms with Crippen molar-refractivity contribution >= 4 is 22.4 Å². The summed E-state index contributed by atoms with van der Waals surface area (Å²) in [5.41, 5.74) is 2.57. The first-order valence-corrected chi connectivity index (χ1v) is 7.90. The molecule has 0 aliphatic rings. The van der Waals surface area contributed by atoms with Crippen LogP contribution in [0.15, 0.2) is 60.2 Å². The van der Waals surface area contributed by atoms with E-state index in [9.17, 15) is 4.79 Å². The molecule has 2 heterocycles. The molecule has 0 saturated carbocycles. The van der Waals surface area contributed by atoms with Gasteiger partial charge >= 0.3 is 0 Å². The zero-order chi connectivity index (χ0) is 16.1. The maximum Gasteiger partial charge on any atom is 0.259 e. The number of pyridine rings is 1. The first-order valence-electron chi connectivity index (χ1n) is 7.02. The van der Waals surface area contributed by atoms with Gasteiger partial charge in [0.05, 0.1) is 5.69 Å². The average Bonchev–Trinajstić information content (AvgIpc) is 3.06. The highest BCUT2D eigenvalue weighted by molar-refractivity contribution is 7.14. The molecular formula is C17H15N3O2S. The first kappa shape index (κ1) is 15.3. The van der Waals surface area contributed by atoms with E-state index in [2.05, 4.69) is 15.3 Å². The Hall–Kier alpha value is -2.57. The number of nitrogens with one attached hydrogen (secondary N) is 1. The predicted molar refractivity (Wildman–Crippen MR) is 90.2 cm³/mol. The fourth-order valence-corrected chi connectivity index (χ4v) is 2.90. The molecule has 2 aromatic heterocycles. The van der Waals surface area contributed by atoms with Gasteiger partial charge in [-0.2, -0.15) is 0 Å². The Morgan fingerprint density at radius 3 is 2.61 bits per heavy atom. The topological polar surface area (TPSA) is 64.1 Å². The molecule has 5 nitrogen and oxygen atoms in total. The number of rotatable bonds is 5. The van der Waals surface area contributed by atoms with Gasteiger partial charge < -0.3 is 4.74 Å². The summed E-state index contributed by atoms with van der Waals surface area (Å²) in [6.45, 7) is 0. The molecule has 1 aromatic carbocycles. The van der Waals surface area contributed by atoms with Crippen LogP contribution in [0.25, 0.3) is 11.3 Å². The summed E-state index contributed by atoms with van der Waals surface area (Å²) >= 11 is 1.38. The normalized spacial score (nSPS) is 11.9. The molecule has 1 unspecified atom stereocenters. The summed E-state index contributed by atoms with van der Waals surface area (Å²) in [6, 6.07) is 13.1. The van der Waals surface area contributed by atoms with Gasteiger partial charge in [0.1, 0.15) is 0 Å². The molecule has 6 heteroatoms. The molecule has 1 amide bonds. The highest BCUT2D eigenvalue weighted by Crippen LogP contribution is 2.26. The van der Waals surface area contributed by atoms with Crippen molar-refractivity contribution in [1.29, 1.82) is 0 Å². The quantitative estimate of drug-likeness (QED) is 0.779. The van der Waals surface area contributed by atoms with Gasteiger partial charge in [-0.25, -0.2) is 4.98 Å². The third-order valence-electron chi connectivity index (χ3n) is 3.29. The summed E-state index contributed by atoms with van der Waals surface area (Å²) < 4.78 is 5.32. The van der Waals surface area contributed by atoms with Crippen molar-refractivity contribution in [3.8, 4) is 11.3 Å². The van der Waals surface area contributed by atoms with Gasteiger partial charge in [0.25, 0.3) is 5.91 Å². The first-order chi connectivity index (χ1) is 11.3. The number of thiazole rings is 1. The van der Waals surface area contributed by atoms with E-state index in [1.165, 1.54) is 18.4 Å². The van der Waals surface area contributed by atoms with Crippen LogP contribution in [-0.4, -0.2) is 23.0 Å². The lowest BCUT2D eigenvalue weighted by molar-refractivity contribution is -0.126. The third kappa shape index (κ3) is 3.61. The molecule has 0 radical (unpaired) electrons. The number of anilines is 1. The Morgan fingerprint density at radius 2 is 1.91 bits per heavy atom. The molecule has 116 valence electrons. The number of hydrogen-bond acceptors (Lipinski definition) is 5. The Kier molecular flexibility index (Phi) is 4.75. The Balaban J connectivity index is 1.74. The highest BCUT2D eigenvalue weighted by atomic mass is 32.1. The van der Waals surface area contributed by atoms with E-state index in [-0.39, 0.29) is 5.91 Å². The number of amides is 1. The molecule has 1 N–H and O–H groups in total. The smallest absolute Gasteiger partial charge is 0.259 e. The Bertz CT molecular complexity index is 775. The second-order valence-corrected chi connectivity index (χ2v) is 5.65. The van der Waals surface area contributed by atoms with Gasteiger partial charge in [0.2, 0.25) is 0 Å². The molecule has 0 saturated heterocycles. The van der Waals surface area contributed by atoms with Crippen LogP contribution < -0.4 is 5.32 Å². The van der Waals surface area contributed by atoms with E-state index in [0.717, 1.165) is 16.8 Å². The van der Waals surface area contributed by atoms with Gasteiger partial charge in [-0.05, 0) is 17.7 Å². The van der Waals surface area contributed by atoms with Crippen LogP contribution in [0.2, 0.25) is 0 Å². The van der Waals surface area contributed by atoms with E-state index in [0.29, 0.717) is 5.13 Å². The van der Waals surface area contributed by atoms with Crippen molar-refractivity contribution < 1.29 is 9.53 Å². The summed E-state index contributed by atoms with van der Waals surface area (Å²) in [7, 11) is 1.52. The highest BCUT2D eigenvalue weighted by Gasteiger charge is 2.21. The minimum Gasteiger partial charge on any atom is -0.367 e. The molecule has 0 aliphatic carbocycles. The van der Waals surface area contributed by atoms with Crippen molar-refractivity contribution in [2.75, 3.05) is 12.4 Å². The largest absolute Gasteiger partial charge is 0.367 e. The van der Waals surface area contributed by atoms with Crippen molar-refractivity contribution in [2.24, 2.45) is 0 Å². The lowest BCUT2D eigenvalue weighted by Crippen LogP contribution is -2.22. The van der Waals surface area contributed by atoms with Gasteiger partial charge in [-0.3, -0.25) is 15.1 Å². The summed E-state index contributed by atoms with van der Waals surface area (Å²) in [5, 5.41) is 5.25. The average molecular weight is 325 g/mol. The number of hydrogen-bond donors (Lipinski definition) is 1. The monoisotopic (exact) mass is 325 g/mol. The van der Waals surface area contributed by atoms with Gasteiger partial charge in [-0.1, -0.05) is 30.3 Å². The number of aromatic nitrogens is 2. The minimum absolute atomic E-state index is 0.241. The maximum atomic E-state index is 12.4. The van der Waals surface area contributed by atoms with E-state index in [1.807, 2.05) is 47.8 Å².